The molecule has 2 atom stereocenters. The van der Waals surface area contributed by atoms with E-state index in [0.717, 1.165) is 0 Å². The van der Waals surface area contributed by atoms with Crippen molar-refractivity contribution in [2.45, 2.75) is 12.2 Å². The van der Waals surface area contributed by atoms with Crippen molar-refractivity contribution in [1.29, 1.82) is 0 Å². The molecule has 0 amide bonds. The molecule has 0 spiro atoms. The molecule has 12 heavy (non-hydrogen) atoms. The zero-order valence-electron chi connectivity index (χ0n) is 5.84. The smallest absolute Gasteiger partial charge is 0.226 e. The van der Waals surface area contributed by atoms with Gasteiger partial charge in [0.15, 0.2) is 24.8 Å². The zero-order valence-corrected chi connectivity index (χ0v) is 5.84. The molecule has 0 saturated heterocycles. The van der Waals surface area contributed by atoms with Crippen molar-refractivity contribution >= 4 is 24.1 Å². The molecule has 0 aromatic carbocycles. The van der Waals surface area contributed by atoms with E-state index in [0.29, 0.717) is 0 Å². The van der Waals surface area contributed by atoms with E-state index in [2.05, 4.69) is 0 Å². The molecule has 0 radical (unpaired) electrons. The normalized spacial score (nSPS) is 14.5. The molecule has 0 bridgehead atoms. The third-order valence-electron chi connectivity index (χ3n) is 1.11. The highest BCUT2D eigenvalue weighted by molar-refractivity contribution is 6.32. The molecule has 0 aromatic rings. The van der Waals surface area contributed by atoms with E-state index in [1.807, 2.05) is 0 Å². The van der Waals surface area contributed by atoms with Crippen LogP contribution in [0.3, 0.4) is 0 Å². The number of hydrogen-bond acceptors (Lipinski definition) is 6. The van der Waals surface area contributed by atoms with Crippen LogP contribution in [0.1, 0.15) is 0 Å². The Bertz CT molecular complexity index is 196. The van der Waals surface area contributed by atoms with E-state index >= 15 is 0 Å². The first-order valence-electron chi connectivity index (χ1n) is 2.88. The van der Waals surface area contributed by atoms with Crippen LogP contribution < -0.4 is 0 Å². The fourth-order valence-electron chi connectivity index (χ4n) is 0.451. The Kier molecular flexibility index (Phi) is 3.95. The van der Waals surface area contributed by atoms with Gasteiger partial charge in [-0.05, 0) is 0 Å². The zero-order chi connectivity index (χ0) is 9.72. The highest BCUT2D eigenvalue weighted by Crippen LogP contribution is 1.94. The number of aliphatic hydroxyl groups is 2. The third-order valence-corrected chi connectivity index (χ3v) is 1.11. The molecule has 0 aliphatic rings. The van der Waals surface area contributed by atoms with E-state index in [-0.39, 0.29) is 12.6 Å². The molecule has 2 N–H and O–H groups in total. The summed E-state index contributed by atoms with van der Waals surface area (Å²) in [6.45, 7) is 0. The van der Waals surface area contributed by atoms with Gasteiger partial charge in [0.1, 0.15) is 0 Å². The lowest BCUT2D eigenvalue weighted by atomic mass is 10.1. The minimum absolute atomic E-state index is 0.244. The second-order valence-electron chi connectivity index (χ2n) is 1.93. The Labute approximate surface area is 66.8 Å². The molecule has 0 unspecified atom stereocenters. The summed E-state index contributed by atoms with van der Waals surface area (Å²) in [7, 11) is 0. The predicted octanol–water partition coefficient (Wildman–Crippen LogP) is -2.76. The summed E-state index contributed by atoms with van der Waals surface area (Å²) in [5.74, 6) is -2.70. The Morgan fingerprint density at radius 3 is 1.33 bits per heavy atom. The van der Waals surface area contributed by atoms with E-state index in [1.165, 1.54) is 0 Å². The molecule has 0 aliphatic carbocycles. The van der Waals surface area contributed by atoms with Gasteiger partial charge in [-0.3, -0.25) is 19.2 Å². The molecule has 0 rings (SSSR count). The van der Waals surface area contributed by atoms with Crippen molar-refractivity contribution in [3.63, 3.8) is 0 Å². The number of Topliss-reactive ketones (excluding diaryl/α,β-unsaturated/α-hetero) is 2. The summed E-state index contributed by atoms with van der Waals surface area (Å²) in [6, 6.07) is 0. The van der Waals surface area contributed by atoms with Gasteiger partial charge in [-0.2, -0.15) is 0 Å². The maximum absolute atomic E-state index is 10.3. The number of carbonyl (C=O) groups excluding carboxylic acids is 4. The number of aliphatic hydroxyl groups excluding tert-OH is 2. The average Bonchev–Trinajstić information content (AvgIpc) is 2.12. The topological polar surface area (TPSA) is 109 Å². The molecule has 0 aliphatic heterocycles. The van der Waals surface area contributed by atoms with Crippen LogP contribution in [0.25, 0.3) is 0 Å². The molecule has 0 saturated carbocycles. The van der Waals surface area contributed by atoms with E-state index in [4.69, 9.17) is 10.2 Å². The summed E-state index contributed by atoms with van der Waals surface area (Å²) >= 11 is 0. The number of rotatable bonds is 5. The number of aldehydes is 2. The Morgan fingerprint density at radius 1 is 0.917 bits per heavy atom. The van der Waals surface area contributed by atoms with Crippen LogP contribution in [-0.4, -0.2) is 46.6 Å². The molecule has 6 heteroatoms. The summed E-state index contributed by atoms with van der Waals surface area (Å²) < 4.78 is 0. The first kappa shape index (κ1) is 10.6. The first-order valence-corrected chi connectivity index (χ1v) is 2.88. The largest absolute Gasteiger partial charge is 0.382 e. The maximum Gasteiger partial charge on any atom is 0.226 e. The summed E-state index contributed by atoms with van der Waals surface area (Å²) in [5.41, 5.74) is 0. The van der Waals surface area contributed by atoms with Crippen molar-refractivity contribution in [3.8, 4) is 0 Å². The Balaban J connectivity index is 4.37. The molecule has 0 fully saturated rings. The minimum atomic E-state index is -2.15. The van der Waals surface area contributed by atoms with Gasteiger partial charge in [-0.25, -0.2) is 0 Å². The van der Waals surface area contributed by atoms with Crippen LogP contribution in [-0.2, 0) is 19.2 Å². The Morgan fingerprint density at radius 2 is 1.17 bits per heavy atom. The van der Waals surface area contributed by atoms with Gasteiger partial charge in [-0.15, -0.1) is 0 Å². The van der Waals surface area contributed by atoms with Crippen LogP contribution in [0.2, 0.25) is 0 Å². The Hall–Kier alpha value is -1.40. The second-order valence-corrected chi connectivity index (χ2v) is 1.93. The van der Waals surface area contributed by atoms with Crippen LogP contribution in [0.15, 0.2) is 0 Å². The van der Waals surface area contributed by atoms with Gasteiger partial charge in [0.05, 0.1) is 0 Å². The summed E-state index contributed by atoms with van der Waals surface area (Å²) in [6.07, 6.45) is -4.79. The van der Waals surface area contributed by atoms with Crippen LogP contribution >= 0.6 is 0 Å². The van der Waals surface area contributed by atoms with Crippen molar-refractivity contribution in [1.82, 2.24) is 0 Å². The molecule has 66 valence electrons. The van der Waals surface area contributed by atoms with Gasteiger partial charge in [0, 0.05) is 0 Å². The molecule has 0 heterocycles. The SMILES string of the molecule is O=CC(=O)[C@@H](O)[C@H](O)C(=O)C=O. The van der Waals surface area contributed by atoms with Gasteiger partial charge in [-0.1, -0.05) is 0 Å². The fourth-order valence-corrected chi connectivity index (χ4v) is 0.451. The second kappa shape index (κ2) is 4.47. The fraction of sp³-hybridized carbons (Fsp3) is 0.333. The number of hydrogen-bond donors (Lipinski definition) is 2. The van der Waals surface area contributed by atoms with Crippen molar-refractivity contribution in [2.24, 2.45) is 0 Å². The standard InChI is InChI=1S/C6H6O6/c7-1-3(9)5(11)6(12)4(10)2-8/h1-2,5-6,11-12H/t5-,6-/m1/s1. The predicted molar refractivity (Wildman–Crippen MR) is 34.2 cm³/mol. The molecule has 0 aromatic heterocycles. The van der Waals surface area contributed by atoms with E-state index in [9.17, 15) is 19.2 Å². The van der Waals surface area contributed by atoms with Crippen LogP contribution in [0, 0.1) is 0 Å². The van der Waals surface area contributed by atoms with Gasteiger partial charge < -0.3 is 10.2 Å². The van der Waals surface area contributed by atoms with Crippen molar-refractivity contribution < 1.29 is 29.4 Å². The van der Waals surface area contributed by atoms with Crippen molar-refractivity contribution in [2.75, 3.05) is 0 Å². The third kappa shape index (κ3) is 2.33. The lowest BCUT2D eigenvalue weighted by molar-refractivity contribution is -0.147. The highest BCUT2D eigenvalue weighted by atomic mass is 16.3. The first-order chi connectivity index (χ1) is 5.54. The number of ketones is 2. The summed E-state index contributed by atoms with van der Waals surface area (Å²) in [4.78, 5) is 40.1. The monoisotopic (exact) mass is 174 g/mol. The average molecular weight is 174 g/mol. The molecular formula is C6H6O6. The lowest BCUT2D eigenvalue weighted by Crippen LogP contribution is -2.40. The number of carbonyl (C=O) groups is 4. The van der Waals surface area contributed by atoms with E-state index in [1.54, 1.807) is 0 Å². The lowest BCUT2D eigenvalue weighted by Gasteiger charge is -2.08. The van der Waals surface area contributed by atoms with Gasteiger partial charge in [0.2, 0.25) is 11.6 Å². The molecular weight excluding hydrogens is 168 g/mol. The maximum atomic E-state index is 10.3. The summed E-state index contributed by atoms with van der Waals surface area (Å²) in [5, 5.41) is 17.4. The van der Waals surface area contributed by atoms with Crippen LogP contribution in [0.5, 0.6) is 0 Å². The quantitative estimate of drug-likeness (QED) is 0.345. The van der Waals surface area contributed by atoms with Crippen LogP contribution in [0.4, 0.5) is 0 Å². The molecule has 6 nitrogen and oxygen atoms in total. The highest BCUT2D eigenvalue weighted by Gasteiger charge is 2.28. The van der Waals surface area contributed by atoms with Gasteiger partial charge in [0.25, 0.3) is 0 Å². The van der Waals surface area contributed by atoms with E-state index < -0.39 is 23.8 Å². The van der Waals surface area contributed by atoms with Crippen molar-refractivity contribution in [3.05, 3.63) is 0 Å². The van der Waals surface area contributed by atoms with Gasteiger partial charge >= 0.3 is 0 Å². The minimum Gasteiger partial charge on any atom is -0.382 e.